The highest BCUT2D eigenvalue weighted by molar-refractivity contribution is 7.98. The third kappa shape index (κ3) is 3.83. The highest BCUT2D eigenvalue weighted by atomic mass is 35.5. The van der Waals surface area contributed by atoms with E-state index in [0.717, 1.165) is 24.5 Å². The number of anilines is 1. The number of hydrogen-bond donors (Lipinski definition) is 1. The summed E-state index contributed by atoms with van der Waals surface area (Å²) in [4.78, 5) is 12.6. The fourth-order valence-corrected chi connectivity index (χ4v) is 2.46. The topological polar surface area (TPSA) is 50.7 Å². The Hall–Kier alpha value is -0.850. The molecule has 2 aromatic heterocycles. The van der Waals surface area contributed by atoms with E-state index in [-0.39, 0.29) is 0 Å². The van der Waals surface area contributed by atoms with Gasteiger partial charge in [-0.25, -0.2) is 15.0 Å². The molecule has 0 aliphatic rings. The van der Waals surface area contributed by atoms with Gasteiger partial charge in [0.05, 0.1) is 11.2 Å². The fourth-order valence-electron chi connectivity index (χ4n) is 1.26. The first kappa shape index (κ1) is 12.6. The van der Waals surface area contributed by atoms with Gasteiger partial charge < -0.3 is 5.32 Å². The van der Waals surface area contributed by atoms with Crippen LogP contribution in [-0.4, -0.2) is 27.8 Å². The van der Waals surface area contributed by atoms with Crippen LogP contribution in [0.1, 0.15) is 5.69 Å². The zero-order chi connectivity index (χ0) is 12.1. The third-order valence-electron chi connectivity index (χ3n) is 2.03. The van der Waals surface area contributed by atoms with E-state index in [0.29, 0.717) is 10.3 Å². The summed E-state index contributed by atoms with van der Waals surface area (Å²) < 4.78 is 0. The Labute approximate surface area is 113 Å². The van der Waals surface area contributed by atoms with Crippen LogP contribution in [0.15, 0.2) is 22.1 Å². The lowest BCUT2D eigenvalue weighted by Gasteiger charge is -2.05. The number of hydrogen-bond acceptors (Lipinski definition) is 6. The van der Waals surface area contributed by atoms with E-state index in [4.69, 9.17) is 11.6 Å². The number of rotatable bonds is 5. The molecule has 0 unspecified atom stereocenters. The molecule has 17 heavy (non-hydrogen) atoms. The minimum atomic E-state index is 0.459. The summed E-state index contributed by atoms with van der Waals surface area (Å²) in [5, 5.41) is 6.39. The van der Waals surface area contributed by atoms with Crippen molar-refractivity contribution in [2.75, 3.05) is 18.1 Å². The monoisotopic (exact) mass is 286 g/mol. The molecule has 2 rings (SSSR count). The predicted molar refractivity (Wildman–Crippen MR) is 73.1 cm³/mol. The standard InChI is InChI=1S/C10H11ClN4S2/c1-16-10-14-8(11)4-9(15-10)12-3-2-7-5-17-6-13-7/h4-6H,2-3H2,1H3,(H,12,14,15). The smallest absolute Gasteiger partial charge is 0.190 e. The van der Waals surface area contributed by atoms with E-state index < -0.39 is 0 Å². The highest BCUT2D eigenvalue weighted by Gasteiger charge is 2.02. The summed E-state index contributed by atoms with van der Waals surface area (Å²) in [6.07, 6.45) is 2.80. The van der Waals surface area contributed by atoms with Crippen LogP contribution in [0.3, 0.4) is 0 Å². The van der Waals surface area contributed by atoms with Gasteiger partial charge >= 0.3 is 0 Å². The zero-order valence-electron chi connectivity index (χ0n) is 9.18. The molecular formula is C10H11ClN4S2. The molecule has 0 fully saturated rings. The predicted octanol–water partition coefficient (Wildman–Crippen LogP) is 2.96. The van der Waals surface area contributed by atoms with Gasteiger partial charge in [0.15, 0.2) is 5.16 Å². The first-order chi connectivity index (χ1) is 8.28. The Morgan fingerprint density at radius 2 is 2.35 bits per heavy atom. The number of thioether (sulfide) groups is 1. The summed E-state index contributed by atoms with van der Waals surface area (Å²) in [5.74, 6) is 0.754. The van der Waals surface area contributed by atoms with Crippen molar-refractivity contribution >= 4 is 40.5 Å². The quantitative estimate of drug-likeness (QED) is 0.520. The van der Waals surface area contributed by atoms with Gasteiger partial charge in [-0.1, -0.05) is 23.4 Å². The minimum Gasteiger partial charge on any atom is -0.370 e. The van der Waals surface area contributed by atoms with Gasteiger partial charge in [-0.15, -0.1) is 11.3 Å². The zero-order valence-corrected chi connectivity index (χ0v) is 11.6. The summed E-state index contributed by atoms with van der Waals surface area (Å²) in [6, 6.07) is 1.72. The maximum atomic E-state index is 5.89. The Morgan fingerprint density at radius 3 is 3.06 bits per heavy atom. The average molecular weight is 287 g/mol. The lowest BCUT2D eigenvalue weighted by atomic mass is 10.3. The van der Waals surface area contributed by atoms with E-state index in [1.54, 1.807) is 17.4 Å². The van der Waals surface area contributed by atoms with E-state index in [9.17, 15) is 0 Å². The summed E-state index contributed by atoms with van der Waals surface area (Å²) in [5.41, 5.74) is 2.93. The van der Waals surface area contributed by atoms with Crippen molar-refractivity contribution in [1.29, 1.82) is 0 Å². The Balaban J connectivity index is 1.92. The summed E-state index contributed by atoms with van der Waals surface area (Å²) >= 11 is 8.97. The van der Waals surface area contributed by atoms with Crippen LogP contribution in [0.5, 0.6) is 0 Å². The molecule has 0 radical (unpaired) electrons. The van der Waals surface area contributed by atoms with Crippen LogP contribution in [0.4, 0.5) is 5.82 Å². The van der Waals surface area contributed by atoms with Crippen molar-refractivity contribution in [3.8, 4) is 0 Å². The molecule has 4 nitrogen and oxygen atoms in total. The molecule has 0 spiro atoms. The van der Waals surface area contributed by atoms with Gasteiger partial charge in [0.2, 0.25) is 0 Å². The van der Waals surface area contributed by atoms with Gasteiger partial charge in [-0.05, 0) is 6.26 Å². The molecule has 90 valence electrons. The van der Waals surface area contributed by atoms with Crippen LogP contribution < -0.4 is 5.32 Å². The maximum Gasteiger partial charge on any atom is 0.190 e. The van der Waals surface area contributed by atoms with E-state index in [1.807, 2.05) is 17.1 Å². The van der Waals surface area contributed by atoms with Crippen LogP contribution >= 0.6 is 34.7 Å². The van der Waals surface area contributed by atoms with Crippen LogP contribution in [-0.2, 0) is 6.42 Å². The lowest BCUT2D eigenvalue weighted by Crippen LogP contribution is -2.07. The Morgan fingerprint density at radius 1 is 1.47 bits per heavy atom. The Bertz CT molecular complexity index is 475. The Kier molecular flexibility index (Phi) is 4.58. The molecule has 7 heteroatoms. The second kappa shape index (κ2) is 6.18. The molecule has 0 saturated heterocycles. The summed E-state index contributed by atoms with van der Waals surface area (Å²) in [7, 11) is 0. The molecule has 0 aliphatic heterocycles. The summed E-state index contributed by atoms with van der Waals surface area (Å²) in [6.45, 7) is 0.783. The van der Waals surface area contributed by atoms with Gasteiger partial charge in [-0.2, -0.15) is 0 Å². The number of aromatic nitrogens is 3. The third-order valence-corrected chi connectivity index (χ3v) is 3.40. The molecule has 0 aliphatic carbocycles. The van der Waals surface area contributed by atoms with Gasteiger partial charge in [0, 0.05) is 24.4 Å². The van der Waals surface area contributed by atoms with Crippen molar-refractivity contribution in [3.63, 3.8) is 0 Å². The van der Waals surface area contributed by atoms with Crippen molar-refractivity contribution in [2.45, 2.75) is 11.6 Å². The van der Waals surface area contributed by atoms with Crippen molar-refractivity contribution in [1.82, 2.24) is 15.0 Å². The first-order valence-corrected chi connectivity index (χ1v) is 7.52. The normalized spacial score (nSPS) is 10.5. The fraction of sp³-hybridized carbons (Fsp3) is 0.300. The molecule has 0 amide bonds. The SMILES string of the molecule is CSc1nc(Cl)cc(NCCc2cscn2)n1. The van der Waals surface area contributed by atoms with E-state index in [2.05, 4.69) is 20.3 Å². The highest BCUT2D eigenvalue weighted by Crippen LogP contribution is 2.17. The second-order valence-electron chi connectivity index (χ2n) is 3.22. The molecule has 0 aromatic carbocycles. The maximum absolute atomic E-state index is 5.89. The number of nitrogens with zero attached hydrogens (tertiary/aromatic N) is 3. The van der Waals surface area contributed by atoms with Gasteiger partial charge in [0.25, 0.3) is 0 Å². The number of halogens is 1. The lowest BCUT2D eigenvalue weighted by molar-refractivity contribution is 0.929. The molecule has 1 N–H and O–H groups in total. The van der Waals surface area contributed by atoms with Gasteiger partial charge in [-0.3, -0.25) is 0 Å². The average Bonchev–Trinajstić information content (AvgIpc) is 2.81. The number of thiazole rings is 1. The van der Waals surface area contributed by atoms with Crippen molar-refractivity contribution < 1.29 is 0 Å². The van der Waals surface area contributed by atoms with E-state index >= 15 is 0 Å². The number of nitrogens with one attached hydrogen (secondary N) is 1. The van der Waals surface area contributed by atoms with E-state index in [1.165, 1.54) is 11.8 Å². The second-order valence-corrected chi connectivity index (χ2v) is 5.10. The largest absolute Gasteiger partial charge is 0.370 e. The molecule has 0 bridgehead atoms. The molecule has 0 saturated carbocycles. The van der Waals surface area contributed by atoms with Crippen LogP contribution in [0, 0.1) is 0 Å². The molecule has 2 heterocycles. The minimum absolute atomic E-state index is 0.459. The first-order valence-electron chi connectivity index (χ1n) is 4.97. The molecule has 2 aromatic rings. The molecule has 0 atom stereocenters. The van der Waals surface area contributed by atoms with Crippen molar-refractivity contribution in [2.24, 2.45) is 0 Å². The van der Waals surface area contributed by atoms with Gasteiger partial charge in [0.1, 0.15) is 11.0 Å². The molecular weight excluding hydrogens is 276 g/mol. The van der Waals surface area contributed by atoms with Crippen molar-refractivity contribution in [3.05, 3.63) is 27.8 Å². The van der Waals surface area contributed by atoms with Crippen LogP contribution in [0.2, 0.25) is 5.15 Å². The van der Waals surface area contributed by atoms with Crippen LogP contribution in [0.25, 0.3) is 0 Å².